The molecule has 0 unspecified atom stereocenters. The maximum atomic E-state index is 9.11. The number of imidazole rings is 1. The number of aliphatic hydroxyl groups excluding tert-OH is 1. The molecule has 15 heavy (non-hydrogen) atoms. The molecule has 0 spiro atoms. The normalized spacial score (nSPS) is 10.5. The standard InChI is InChI=1S/C10H11N3OS/c14-7-9-5-12-10(15)13(9)6-8-2-1-3-11-4-8/h1-5,14H,6-7H2,(H,12,15). The summed E-state index contributed by atoms with van der Waals surface area (Å²) in [7, 11) is 0. The fraction of sp³-hybridized carbons (Fsp3) is 0.200. The van der Waals surface area contributed by atoms with Crippen molar-refractivity contribution in [1.82, 2.24) is 14.5 Å². The van der Waals surface area contributed by atoms with E-state index in [1.807, 2.05) is 16.7 Å². The molecular formula is C10H11N3OS. The number of aliphatic hydroxyl groups is 1. The van der Waals surface area contributed by atoms with Gasteiger partial charge in [0.15, 0.2) is 4.77 Å². The highest BCUT2D eigenvalue weighted by Crippen LogP contribution is 2.06. The Bertz CT molecular complexity index is 489. The Morgan fingerprint density at radius 1 is 1.53 bits per heavy atom. The molecule has 78 valence electrons. The van der Waals surface area contributed by atoms with E-state index in [2.05, 4.69) is 9.97 Å². The van der Waals surface area contributed by atoms with Crippen LogP contribution in [0.1, 0.15) is 11.3 Å². The van der Waals surface area contributed by atoms with Gasteiger partial charge >= 0.3 is 0 Å². The first-order valence-electron chi connectivity index (χ1n) is 4.58. The molecule has 0 radical (unpaired) electrons. The third-order valence-corrected chi connectivity index (χ3v) is 2.52. The second kappa shape index (κ2) is 4.37. The van der Waals surface area contributed by atoms with Gasteiger partial charge in [-0.15, -0.1) is 0 Å². The molecule has 2 aromatic rings. The summed E-state index contributed by atoms with van der Waals surface area (Å²) in [4.78, 5) is 6.94. The molecule has 2 heterocycles. The van der Waals surface area contributed by atoms with E-state index in [0.29, 0.717) is 11.3 Å². The van der Waals surface area contributed by atoms with Crippen molar-refractivity contribution in [2.24, 2.45) is 0 Å². The average Bonchev–Trinajstić information content (AvgIpc) is 2.62. The van der Waals surface area contributed by atoms with E-state index < -0.39 is 0 Å². The molecule has 0 saturated heterocycles. The summed E-state index contributed by atoms with van der Waals surface area (Å²) in [6.45, 7) is 0.611. The Kier molecular flexibility index (Phi) is 2.94. The summed E-state index contributed by atoms with van der Waals surface area (Å²) in [6.07, 6.45) is 5.24. The molecule has 2 aromatic heterocycles. The quantitative estimate of drug-likeness (QED) is 0.772. The van der Waals surface area contributed by atoms with E-state index in [-0.39, 0.29) is 6.61 Å². The Morgan fingerprint density at radius 3 is 3.07 bits per heavy atom. The zero-order chi connectivity index (χ0) is 10.7. The average molecular weight is 221 g/mol. The van der Waals surface area contributed by atoms with Crippen molar-refractivity contribution < 1.29 is 5.11 Å². The molecule has 0 aromatic carbocycles. The van der Waals surface area contributed by atoms with Gasteiger partial charge in [-0.1, -0.05) is 6.07 Å². The fourth-order valence-corrected chi connectivity index (χ4v) is 1.65. The first-order valence-corrected chi connectivity index (χ1v) is 4.99. The Hall–Kier alpha value is -1.46. The fourth-order valence-electron chi connectivity index (χ4n) is 1.41. The minimum atomic E-state index is -0.0204. The Balaban J connectivity index is 2.32. The molecule has 0 aliphatic heterocycles. The monoisotopic (exact) mass is 221 g/mol. The molecule has 0 fully saturated rings. The van der Waals surface area contributed by atoms with Crippen molar-refractivity contribution in [2.45, 2.75) is 13.2 Å². The van der Waals surface area contributed by atoms with Crippen molar-refractivity contribution in [3.63, 3.8) is 0 Å². The van der Waals surface area contributed by atoms with Gasteiger partial charge in [0.2, 0.25) is 0 Å². The Labute approximate surface area is 92.2 Å². The highest BCUT2D eigenvalue weighted by atomic mass is 32.1. The molecule has 5 heteroatoms. The van der Waals surface area contributed by atoms with Gasteiger partial charge in [0.1, 0.15) is 0 Å². The van der Waals surface area contributed by atoms with Crippen LogP contribution in [0.4, 0.5) is 0 Å². The molecule has 0 bridgehead atoms. The van der Waals surface area contributed by atoms with Crippen molar-refractivity contribution in [3.05, 3.63) is 46.8 Å². The van der Waals surface area contributed by atoms with Crippen LogP contribution in [0.25, 0.3) is 0 Å². The highest BCUT2D eigenvalue weighted by Gasteiger charge is 2.03. The number of aromatic amines is 1. The van der Waals surface area contributed by atoms with Gasteiger partial charge in [-0.25, -0.2) is 0 Å². The van der Waals surface area contributed by atoms with Crippen LogP contribution in [0.3, 0.4) is 0 Å². The molecule has 0 aliphatic carbocycles. The van der Waals surface area contributed by atoms with Crippen molar-refractivity contribution in [3.8, 4) is 0 Å². The van der Waals surface area contributed by atoms with E-state index in [0.717, 1.165) is 11.3 Å². The van der Waals surface area contributed by atoms with E-state index in [4.69, 9.17) is 17.3 Å². The summed E-state index contributed by atoms with van der Waals surface area (Å²) < 4.78 is 2.47. The minimum Gasteiger partial charge on any atom is -0.390 e. The molecule has 0 amide bonds. The smallest absolute Gasteiger partial charge is 0.177 e. The number of nitrogens with zero attached hydrogens (tertiary/aromatic N) is 2. The van der Waals surface area contributed by atoms with Crippen LogP contribution in [0.2, 0.25) is 0 Å². The number of rotatable bonds is 3. The van der Waals surface area contributed by atoms with E-state index in [9.17, 15) is 0 Å². The first-order chi connectivity index (χ1) is 7.31. The highest BCUT2D eigenvalue weighted by molar-refractivity contribution is 7.71. The summed E-state index contributed by atoms with van der Waals surface area (Å²) in [5.41, 5.74) is 1.84. The zero-order valence-corrected chi connectivity index (χ0v) is 8.87. The second-order valence-corrected chi connectivity index (χ2v) is 3.58. The lowest BCUT2D eigenvalue weighted by molar-refractivity contribution is 0.271. The zero-order valence-electron chi connectivity index (χ0n) is 8.05. The van der Waals surface area contributed by atoms with Crippen LogP contribution in [0.5, 0.6) is 0 Å². The minimum absolute atomic E-state index is 0.0204. The number of aromatic nitrogens is 3. The predicted octanol–water partition coefficient (Wildman–Crippen LogP) is 1.48. The van der Waals surface area contributed by atoms with Gasteiger partial charge in [0.25, 0.3) is 0 Å². The second-order valence-electron chi connectivity index (χ2n) is 3.19. The molecule has 2 N–H and O–H groups in total. The van der Waals surface area contributed by atoms with Crippen molar-refractivity contribution >= 4 is 12.2 Å². The van der Waals surface area contributed by atoms with Crippen LogP contribution < -0.4 is 0 Å². The van der Waals surface area contributed by atoms with Gasteiger partial charge in [-0.3, -0.25) is 4.98 Å². The van der Waals surface area contributed by atoms with Gasteiger partial charge in [0, 0.05) is 18.6 Å². The van der Waals surface area contributed by atoms with Crippen molar-refractivity contribution in [2.75, 3.05) is 0 Å². The van der Waals surface area contributed by atoms with Crippen LogP contribution in [-0.2, 0) is 13.2 Å². The molecule has 0 saturated carbocycles. The van der Waals surface area contributed by atoms with Crippen LogP contribution >= 0.6 is 12.2 Å². The van der Waals surface area contributed by atoms with Crippen LogP contribution in [-0.4, -0.2) is 19.6 Å². The van der Waals surface area contributed by atoms with Crippen LogP contribution in [0.15, 0.2) is 30.7 Å². The SMILES string of the molecule is OCc1c[nH]c(=S)n1Cc1cccnc1. The van der Waals surface area contributed by atoms with E-state index in [1.54, 1.807) is 18.6 Å². The van der Waals surface area contributed by atoms with Gasteiger partial charge in [-0.05, 0) is 23.8 Å². The number of hydrogen-bond acceptors (Lipinski definition) is 3. The van der Waals surface area contributed by atoms with Crippen LogP contribution in [0, 0.1) is 4.77 Å². The third-order valence-electron chi connectivity index (χ3n) is 2.18. The van der Waals surface area contributed by atoms with Crippen molar-refractivity contribution in [1.29, 1.82) is 0 Å². The maximum absolute atomic E-state index is 9.11. The molecule has 0 atom stereocenters. The van der Waals surface area contributed by atoms with Gasteiger partial charge in [0.05, 0.1) is 18.8 Å². The Morgan fingerprint density at radius 2 is 2.40 bits per heavy atom. The summed E-state index contributed by atoms with van der Waals surface area (Å²) in [5.74, 6) is 0. The third kappa shape index (κ3) is 2.14. The van der Waals surface area contributed by atoms with E-state index in [1.165, 1.54) is 0 Å². The largest absolute Gasteiger partial charge is 0.390 e. The maximum Gasteiger partial charge on any atom is 0.177 e. The number of pyridine rings is 1. The van der Waals surface area contributed by atoms with Gasteiger partial charge < -0.3 is 14.7 Å². The number of H-pyrrole nitrogens is 1. The molecule has 2 rings (SSSR count). The first kappa shape index (κ1) is 10.1. The molecule has 0 aliphatic rings. The molecule has 4 nitrogen and oxygen atoms in total. The van der Waals surface area contributed by atoms with E-state index >= 15 is 0 Å². The lowest BCUT2D eigenvalue weighted by atomic mass is 10.3. The topological polar surface area (TPSA) is 53.8 Å². The summed E-state index contributed by atoms with van der Waals surface area (Å²) >= 11 is 5.11. The number of hydrogen-bond donors (Lipinski definition) is 2. The molecular weight excluding hydrogens is 210 g/mol. The lowest BCUT2D eigenvalue weighted by Gasteiger charge is -2.05. The summed E-state index contributed by atoms with van der Waals surface area (Å²) in [6, 6.07) is 3.85. The number of nitrogens with one attached hydrogen (secondary N) is 1. The lowest BCUT2D eigenvalue weighted by Crippen LogP contribution is -2.04. The van der Waals surface area contributed by atoms with Gasteiger partial charge in [-0.2, -0.15) is 0 Å². The summed E-state index contributed by atoms with van der Waals surface area (Å²) in [5, 5.41) is 9.11. The predicted molar refractivity (Wildman–Crippen MR) is 58.9 cm³/mol.